The molecule has 2 aromatic carbocycles. The fraction of sp³-hybridized carbons (Fsp3) is 0.250. The van der Waals surface area contributed by atoms with E-state index in [0.717, 1.165) is 42.0 Å². The fourth-order valence-electron chi connectivity index (χ4n) is 3.85. The minimum Gasteiger partial charge on any atom is -0.329 e. The van der Waals surface area contributed by atoms with Crippen LogP contribution >= 0.6 is 0 Å². The third kappa shape index (κ3) is 3.82. The van der Waals surface area contributed by atoms with Crippen molar-refractivity contribution >= 4 is 5.91 Å². The number of carbonyl (C=O) groups excluding carboxylic acids is 1. The third-order valence-corrected chi connectivity index (χ3v) is 5.37. The van der Waals surface area contributed by atoms with E-state index in [1.807, 2.05) is 72.6 Å². The smallest absolute Gasteiger partial charge is 0.254 e. The van der Waals surface area contributed by atoms with Crippen molar-refractivity contribution in [3.8, 4) is 11.1 Å². The predicted molar refractivity (Wildman–Crippen MR) is 112 cm³/mol. The quantitative estimate of drug-likeness (QED) is 0.693. The molecule has 1 aromatic heterocycles. The highest BCUT2D eigenvalue weighted by molar-refractivity contribution is 5.96. The van der Waals surface area contributed by atoms with E-state index in [4.69, 9.17) is 0 Å². The number of aryl methyl sites for hydroxylation is 1. The van der Waals surface area contributed by atoms with Gasteiger partial charge < -0.3 is 9.80 Å². The van der Waals surface area contributed by atoms with Crippen LogP contribution in [-0.2, 0) is 0 Å². The summed E-state index contributed by atoms with van der Waals surface area (Å²) in [5.74, 6) is 0.0922. The maximum Gasteiger partial charge on any atom is 0.254 e. The predicted octanol–water partition coefficient (Wildman–Crippen LogP) is 4.19. The van der Waals surface area contributed by atoms with Crippen molar-refractivity contribution in [2.45, 2.75) is 13.0 Å². The number of carbonyl (C=O) groups is 1. The molecule has 0 unspecified atom stereocenters. The Labute approximate surface area is 166 Å². The summed E-state index contributed by atoms with van der Waals surface area (Å²) in [6.07, 6.45) is 1.81. The van der Waals surface area contributed by atoms with Gasteiger partial charge in [0.25, 0.3) is 5.91 Å². The molecule has 4 nitrogen and oxygen atoms in total. The summed E-state index contributed by atoms with van der Waals surface area (Å²) in [6.45, 7) is 4.44. The second-order valence-electron chi connectivity index (χ2n) is 7.45. The molecule has 0 N–H and O–H groups in total. The van der Waals surface area contributed by atoms with Crippen molar-refractivity contribution in [3.63, 3.8) is 0 Å². The Kier molecular flexibility index (Phi) is 5.22. The lowest BCUT2D eigenvalue weighted by Crippen LogP contribution is -2.49. The highest BCUT2D eigenvalue weighted by Gasteiger charge is 2.30. The number of hydrogen-bond acceptors (Lipinski definition) is 3. The average Bonchev–Trinajstić information content (AvgIpc) is 2.74. The number of hydrogen-bond donors (Lipinski definition) is 0. The van der Waals surface area contributed by atoms with E-state index in [2.05, 4.69) is 29.1 Å². The normalized spacial score (nSPS) is 17.5. The number of likely N-dealkylation sites (N-methyl/N-ethyl adjacent to an activating group) is 1. The second-order valence-corrected chi connectivity index (χ2v) is 7.45. The topological polar surface area (TPSA) is 36.4 Å². The monoisotopic (exact) mass is 371 g/mol. The van der Waals surface area contributed by atoms with Crippen LogP contribution in [0.3, 0.4) is 0 Å². The Morgan fingerprint density at radius 3 is 2.54 bits per heavy atom. The molecule has 0 bridgehead atoms. The van der Waals surface area contributed by atoms with Crippen LogP contribution in [0, 0.1) is 6.92 Å². The van der Waals surface area contributed by atoms with Gasteiger partial charge in [-0.2, -0.15) is 0 Å². The van der Waals surface area contributed by atoms with Gasteiger partial charge >= 0.3 is 0 Å². The second kappa shape index (κ2) is 7.95. The molecule has 4 rings (SSSR count). The van der Waals surface area contributed by atoms with Crippen LogP contribution in [-0.4, -0.2) is 47.4 Å². The molecule has 0 radical (unpaired) electrons. The summed E-state index contributed by atoms with van der Waals surface area (Å²) >= 11 is 0. The molecule has 1 amide bonds. The standard InChI is InChI=1S/C24H25N3O/c1-18-15-21(11-12-25-18)20-9-6-10-22(16-20)24(28)27-14-13-26(2)17-23(27)19-7-4-3-5-8-19/h3-12,15-16,23H,13-14,17H2,1-2H3/t23-/m1/s1. The number of amides is 1. The van der Waals surface area contributed by atoms with E-state index in [9.17, 15) is 4.79 Å². The highest BCUT2D eigenvalue weighted by Crippen LogP contribution is 2.28. The van der Waals surface area contributed by atoms with Gasteiger partial charge in [0.2, 0.25) is 0 Å². The molecule has 1 atom stereocenters. The summed E-state index contributed by atoms with van der Waals surface area (Å²) < 4.78 is 0. The van der Waals surface area contributed by atoms with E-state index >= 15 is 0 Å². The van der Waals surface area contributed by atoms with E-state index in [-0.39, 0.29) is 11.9 Å². The molecule has 0 aliphatic carbocycles. The van der Waals surface area contributed by atoms with Crippen LogP contribution < -0.4 is 0 Å². The lowest BCUT2D eigenvalue weighted by molar-refractivity contribution is 0.0498. The van der Waals surface area contributed by atoms with Gasteiger partial charge in [-0.1, -0.05) is 42.5 Å². The minimum atomic E-state index is 0.0688. The number of benzene rings is 2. The van der Waals surface area contributed by atoms with Crippen LogP contribution in [0.5, 0.6) is 0 Å². The number of nitrogens with zero attached hydrogens (tertiary/aromatic N) is 3. The van der Waals surface area contributed by atoms with E-state index < -0.39 is 0 Å². The van der Waals surface area contributed by atoms with Crippen LogP contribution in [0.1, 0.15) is 27.7 Å². The molecular formula is C24H25N3O. The molecule has 1 aliphatic heterocycles. The molecule has 1 aliphatic rings. The summed E-state index contributed by atoms with van der Waals surface area (Å²) in [7, 11) is 2.12. The van der Waals surface area contributed by atoms with E-state index in [1.165, 1.54) is 5.56 Å². The zero-order chi connectivity index (χ0) is 19.5. The molecule has 1 saturated heterocycles. The van der Waals surface area contributed by atoms with Gasteiger partial charge in [0.1, 0.15) is 0 Å². The summed E-state index contributed by atoms with van der Waals surface area (Å²) in [6, 6.07) is 22.3. The Balaban J connectivity index is 1.65. The Morgan fingerprint density at radius 1 is 0.964 bits per heavy atom. The zero-order valence-corrected chi connectivity index (χ0v) is 16.4. The maximum atomic E-state index is 13.4. The maximum absolute atomic E-state index is 13.4. The van der Waals surface area contributed by atoms with E-state index in [1.54, 1.807) is 0 Å². The van der Waals surface area contributed by atoms with Crippen molar-refractivity contribution in [1.82, 2.24) is 14.8 Å². The Hall–Kier alpha value is -2.98. The van der Waals surface area contributed by atoms with Gasteiger partial charge in [0.15, 0.2) is 0 Å². The van der Waals surface area contributed by atoms with Gasteiger partial charge in [-0.25, -0.2) is 0 Å². The number of rotatable bonds is 3. The summed E-state index contributed by atoms with van der Waals surface area (Å²) in [5.41, 5.74) is 5.01. The molecule has 2 heterocycles. The van der Waals surface area contributed by atoms with Crippen molar-refractivity contribution in [2.75, 3.05) is 26.7 Å². The van der Waals surface area contributed by atoms with Gasteiger partial charge in [0, 0.05) is 37.1 Å². The summed E-state index contributed by atoms with van der Waals surface area (Å²) in [5, 5.41) is 0. The fourth-order valence-corrected chi connectivity index (χ4v) is 3.85. The van der Waals surface area contributed by atoms with Gasteiger partial charge in [-0.15, -0.1) is 0 Å². The summed E-state index contributed by atoms with van der Waals surface area (Å²) in [4.78, 5) is 22.0. The molecule has 0 spiro atoms. The zero-order valence-electron chi connectivity index (χ0n) is 16.4. The first-order chi connectivity index (χ1) is 13.6. The van der Waals surface area contributed by atoms with Crippen molar-refractivity contribution < 1.29 is 4.79 Å². The molecule has 142 valence electrons. The molecule has 4 heteroatoms. The largest absolute Gasteiger partial charge is 0.329 e. The average molecular weight is 371 g/mol. The van der Waals surface area contributed by atoms with Crippen molar-refractivity contribution in [3.05, 3.63) is 89.7 Å². The van der Waals surface area contributed by atoms with Gasteiger partial charge in [-0.3, -0.25) is 9.78 Å². The van der Waals surface area contributed by atoms with Crippen LogP contribution in [0.4, 0.5) is 0 Å². The highest BCUT2D eigenvalue weighted by atomic mass is 16.2. The van der Waals surface area contributed by atoms with Crippen LogP contribution in [0.25, 0.3) is 11.1 Å². The van der Waals surface area contributed by atoms with Crippen LogP contribution in [0.2, 0.25) is 0 Å². The Bertz CT molecular complexity index is 970. The van der Waals surface area contributed by atoms with Gasteiger partial charge in [0.05, 0.1) is 6.04 Å². The number of pyridine rings is 1. The molecule has 3 aromatic rings. The van der Waals surface area contributed by atoms with Gasteiger partial charge in [-0.05, 0) is 54.9 Å². The lowest BCUT2D eigenvalue weighted by atomic mass is 9.99. The molecule has 0 saturated carbocycles. The van der Waals surface area contributed by atoms with E-state index in [0.29, 0.717) is 0 Å². The van der Waals surface area contributed by atoms with Crippen LogP contribution in [0.15, 0.2) is 72.9 Å². The van der Waals surface area contributed by atoms with Crippen molar-refractivity contribution in [2.24, 2.45) is 0 Å². The first-order valence-electron chi connectivity index (χ1n) is 9.69. The third-order valence-electron chi connectivity index (χ3n) is 5.37. The first-order valence-corrected chi connectivity index (χ1v) is 9.69. The van der Waals surface area contributed by atoms with Crippen molar-refractivity contribution in [1.29, 1.82) is 0 Å². The SMILES string of the molecule is Cc1cc(-c2cccc(C(=O)N3CCN(C)C[C@@H]3c3ccccc3)c2)ccn1. The Morgan fingerprint density at radius 2 is 1.75 bits per heavy atom. The number of aromatic nitrogens is 1. The molecule has 1 fully saturated rings. The molecular weight excluding hydrogens is 346 g/mol. The minimum absolute atomic E-state index is 0.0688. The number of piperazine rings is 1. The molecule has 28 heavy (non-hydrogen) atoms. The first kappa shape index (κ1) is 18.4. The lowest BCUT2D eigenvalue weighted by Gasteiger charge is -2.40.